The minimum absolute atomic E-state index is 0.0140. The van der Waals surface area contributed by atoms with Crippen molar-refractivity contribution < 1.29 is 9.59 Å². The average molecular weight is 255 g/mol. The SMILES string of the molecule is CCCCNC(=O)C1CCN(C(=O)C(C)N)CC1. The van der Waals surface area contributed by atoms with E-state index in [1.807, 2.05) is 0 Å². The minimum atomic E-state index is -0.445. The number of nitrogens with two attached hydrogens (primary N) is 1. The van der Waals surface area contributed by atoms with Crippen LogP contribution in [-0.4, -0.2) is 42.4 Å². The quantitative estimate of drug-likeness (QED) is 0.702. The van der Waals surface area contributed by atoms with E-state index in [-0.39, 0.29) is 17.7 Å². The van der Waals surface area contributed by atoms with Gasteiger partial charge in [-0.05, 0) is 26.2 Å². The van der Waals surface area contributed by atoms with Gasteiger partial charge < -0.3 is 16.0 Å². The molecule has 0 radical (unpaired) electrons. The molecule has 1 aliphatic rings. The van der Waals surface area contributed by atoms with Crippen LogP contribution in [-0.2, 0) is 9.59 Å². The minimum Gasteiger partial charge on any atom is -0.356 e. The first-order valence-electron chi connectivity index (χ1n) is 6.88. The number of unbranched alkanes of at least 4 members (excludes halogenated alkanes) is 1. The van der Waals surface area contributed by atoms with Gasteiger partial charge in [0.2, 0.25) is 11.8 Å². The van der Waals surface area contributed by atoms with Gasteiger partial charge in [0.05, 0.1) is 6.04 Å². The molecule has 0 spiro atoms. The van der Waals surface area contributed by atoms with Crippen molar-refractivity contribution in [1.82, 2.24) is 10.2 Å². The topological polar surface area (TPSA) is 75.4 Å². The summed E-state index contributed by atoms with van der Waals surface area (Å²) in [6.45, 7) is 5.85. The Hall–Kier alpha value is -1.10. The highest BCUT2D eigenvalue weighted by atomic mass is 16.2. The summed E-state index contributed by atoms with van der Waals surface area (Å²) in [5.41, 5.74) is 5.57. The third kappa shape index (κ3) is 4.29. The van der Waals surface area contributed by atoms with Crippen LogP contribution in [0.15, 0.2) is 0 Å². The van der Waals surface area contributed by atoms with Gasteiger partial charge in [-0.15, -0.1) is 0 Å². The van der Waals surface area contributed by atoms with E-state index in [0.717, 1.165) is 32.2 Å². The van der Waals surface area contributed by atoms with E-state index in [9.17, 15) is 9.59 Å². The second kappa shape index (κ2) is 7.36. The van der Waals surface area contributed by atoms with E-state index in [2.05, 4.69) is 12.2 Å². The Morgan fingerprint density at radius 1 is 1.39 bits per heavy atom. The fourth-order valence-corrected chi connectivity index (χ4v) is 2.18. The third-order valence-corrected chi connectivity index (χ3v) is 3.40. The Bertz CT molecular complexity index is 284. The zero-order valence-corrected chi connectivity index (χ0v) is 11.4. The van der Waals surface area contributed by atoms with Crippen LogP contribution in [0, 0.1) is 5.92 Å². The molecule has 0 aromatic rings. The van der Waals surface area contributed by atoms with Crippen molar-refractivity contribution in [2.75, 3.05) is 19.6 Å². The highest BCUT2D eigenvalue weighted by Gasteiger charge is 2.27. The van der Waals surface area contributed by atoms with Crippen molar-refractivity contribution in [1.29, 1.82) is 0 Å². The van der Waals surface area contributed by atoms with Crippen LogP contribution >= 0.6 is 0 Å². The summed E-state index contributed by atoms with van der Waals surface area (Å²) in [6, 6.07) is -0.445. The number of likely N-dealkylation sites (tertiary alicyclic amines) is 1. The summed E-state index contributed by atoms with van der Waals surface area (Å²) in [7, 11) is 0. The van der Waals surface area contributed by atoms with Crippen LogP contribution in [0.1, 0.15) is 39.5 Å². The smallest absolute Gasteiger partial charge is 0.239 e. The summed E-state index contributed by atoms with van der Waals surface area (Å²) in [6.07, 6.45) is 3.60. The molecule has 1 saturated heterocycles. The molecule has 5 heteroatoms. The van der Waals surface area contributed by atoms with Gasteiger partial charge in [0, 0.05) is 25.6 Å². The van der Waals surface area contributed by atoms with Crippen LogP contribution in [0.2, 0.25) is 0 Å². The lowest BCUT2D eigenvalue weighted by Gasteiger charge is -2.32. The Morgan fingerprint density at radius 2 is 2.00 bits per heavy atom. The Balaban J connectivity index is 2.30. The summed E-state index contributed by atoms with van der Waals surface area (Å²) in [4.78, 5) is 25.3. The summed E-state index contributed by atoms with van der Waals surface area (Å²) in [5, 5.41) is 2.95. The molecule has 2 amide bonds. The molecule has 18 heavy (non-hydrogen) atoms. The van der Waals surface area contributed by atoms with Crippen molar-refractivity contribution in [3.05, 3.63) is 0 Å². The molecule has 1 atom stereocenters. The fraction of sp³-hybridized carbons (Fsp3) is 0.846. The van der Waals surface area contributed by atoms with E-state index in [4.69, 9.17) is 5.73 Å². The highest BCUT2D eigenvalue weighted by Crippen LogP contribution is 2.17. The van der Waals surface area contributed by atoms with E-state index >= 15 is 0 Å². The monoisotopic (exact) mass is 255 g/mol. The molecular formula is C13H25N3O2. The number of amides is 2. The number of hydrogen-bond donors (Lipinski definition) is 2. The molecule has 0 aromatic heterocycles. The summed E-state index contributed by atoms with van der Waals surface area (Å²) in [5.74, 6) is 0.176. The van der Waals surface area contributed by atoms with Gasteiger partial charge in [0.15, 0.2) is 0 Å². The predicted octanol–water partition coefficient (Wildman–Crippen LogP) is 0.489. The van der Waals surface area contributed by atoms with Gasteiger partial charge in [-0.25, -0.2) is 0 Å². The maximum atomic E-state index is 11.8. The fourth-order valence-electron chi connectivity index (χ4n) is 2.18. The molecule has 104 valence electrons. The summed E-state index contributed by atoms with van der Waals surface area (Å²) >= 11 is 0. The van der Waals surface area contributed by atoms with Crippen molar-refractivity contribution in [3.63, 3.8) is 0 Å². The van der Waals surface area contributed by atoms with Crippen molar-refractivity contribution >= 4 is 11.8 Å². The van der Waals surface area contributed by atoms with Gasteiger partial charge in [-0.2, -0.15) is 0 Å². The normalized spacial score (nSPS) is 18.5. The first kappa shape index (κ1) is 15.0. The van der Waals surface area contributed by atoms with Gasteiger partial charge in [-0.1, -0.05) is 13.3 Å². The van der Waals surface area contributed by atoms with Gasteiger partial charge >= 0.3 is 0 Å². The lowest BCUT2D eigenvalue weighted by molar-refractivity contribution is -0.136. The van der Waals surface area contributed by atoms with Crippen LogP contribution in [0.5, 0.6) is 0 Å². The number of rotatable bonds is 5. The molecule has 0 saturated carbocycles. The standard InChI is InChI=1S/C13H25N3O2/c1-3-4-7-15-12(17)11-5-8-16(9-6-11)13(18)10(2)14/h10-11H,3-9,14H2,1-2H3,(H,15,17). The second-order valence-corrected chi connectivity index (χ2v) is 5.03. The summed E-state index contributed by atoms with van der Waals surface area (Å²) < 4.78 is 0. The van der Waals surface area contributed by atoms with E-state index in [1.54, 1.807) is 11.8 Å². The Kier molecular flexibility index (Phi) is 6.12. The molecule has 0 bridgehead atoms. The van der Waals surface area contributed by atoms with E-state index in [1.165, 1.54) is 0 Å². The Labute approximate surface area is 109 Å². The molecular weight excluding hydrogens is 230 g/mol. The molecule has 0 aliphatic carbocycles. The van der Waals surface area contributed by atoms with Crippen LogP contribution in [0.3, 0.4) is 0 Å². The predicted molar refractivity (Wildman–Crippen MR) is 70.9 cm³/mol. The number of hydrogen-bond acceptors (Lipinski definition) is 3. The highest BCUT2D eigenvalue weighted by molar-refractivity contribution is 5.82. The second-order valence-electron chi connectivity index (χ2n) is 5.03. The number of piperidine rings is 1. The van der Waals surface area contributed by atoms with Crippen molar-refractivity contribution in [2.24, 2.45) is 11.7 Å². The van der Waals surface area contributed by atoms with Gasteiger partial charge in [0.25, 0.3) is 0 Å². The lowest BCUT2D eigenvalue weighted by Crippen LogP contribution is -2.48. The average Bonchev–Trinajstić information content (AvgIpc) is 2.38. The maximum absolute atomic E-state index is 11.8. The molecule has 1 aliphatic heterocycles. The molecule has 1 rings (SSSR count). The van der Waals surface area contributed by atoms with Crippen molar-refractivity contribution in [2.45, 2.75) is 45.6 Å². The largest absolute Gasteiger partial charge is 0.356 e. The van der Waals surface area contributed by atoms with Crippen LogP contribution in [0.4, 0.5) is 0 Å². The van der Waals surface area contributed by atoms with E-state index in [0.29, 0.717) is 13.1 Å². The number of carbonyl (C=O) groups is 2. The molecule has 0 aromatic carbocycles. The van der Waals surface area contributed by atoms with Gasteiger partial charge in [-0.3, -0.25) is 9.59 Å². The zero-order valence-electron chi connectivity index (χ0n) is 11.4. The number of nitrogens with zero attached hydrogens (tertiary/aromatic N) is 1. The Morgan fingerprint density at radius 3 is 2.50 bits per heavy atom. The first-order valence-corrected chi connectivity index (χ1v) is 6.88. The first-order chi connectivity index (χ1) is 8.56. The van der Waals surface area contributed by atoms with Gasteiger partial charge in [0.1, 0.15) is 0 Å². The molecule has 3 N–H and O–H groups in total. The molecule has 1 unspecified atom stereocenters. The lowest BCUT2D eigenvalue weighted by atomic mass is 9.95. The maximum Gasteiger partial charge on any atom is 0.239 e. The van der Waals surface area contributed by atoms with Crippen LogP contribution < -0.4 is 11.1 Å². The zero-order chi connectivity index (χ0) is 13.5. The van der Waals surface area contributed by atoms with Crippen molar-refractivity contribution in [3.8, 4) is 0 Å². The molecule has 1 fully saturated rings. The molecule has 1 heterocycles. The number of carbonyl (C=O) groups excluding carboxylic acids is 2. The number of nitrogens with one attached hydrogen (secondary N) is 1. The van der Waals surface area contributed by atoms with Crippen LogP contribution in [0.25, 0.3) is 0 Å². The van der Waals surface area contributed by atoms with E-state index < -0.39 is 6.04 Å². The third-order valence-electron chi connectivity index (χ3n) is 3.40. The molecule has 5 nitrogen and oxygen atoms in total.